The molecule has 0 unspecified atom stereocenters. The standard InChI is InChI=1S/C17H18F3N3O2/c1-10(2)15(21)16(24)23-12-5-8-14(22-9-12)25-13-6-3-11(4-7-13)17(18,19)20/h3-10,15H,21H2,1-2H3,(H,23,24)/t15-/m0/s1. The number of rotatable bonds is 5. The Balaban J connectivity index is 1.99. The van der Waals surface area contributed by atoms with Gasteiger partial charge >= 0.3 is 6.18 Å². The van der Waals surface area contributed by atoms with E-state index in [0.717, 1.165) is 12.1 Å². The Morgan fingerprint density at radius 3 is 2.28 bits per heavy atom. The maximum atomic E-state index is 12.5. The molecule has 8 heteroatoms. The van der Waals surface area contributed by atoms with Crippen LogP contribution in [-0.2, 0) is 11.0 Å². The topological polar surface area (TPSA) is 77.2 Å². The van der Waals surface area contributed by atoms with Crippen molar-refractivity contribution in [3.05, 3.63) is 48.2 Å². The molecule has 0 fully saturated rings. The first kappa shape index (κ1) is 18.7. The molecule has 0 radical (unpaired) electrons. The quantitative estimate of drug-likeness (QED) is 0.857. The minimum Gasteiger partial charge on any atom is -0.439 e. The summed E-state index contributed by atoms with van der Waals surface area (Å²) in [5.41, 5.74) is 5.43. The monoisotopic (exact) mass is 353 g/mol. The minimum absolute atomic E-state index is 0.00441. The number of carbonyl (C=O) groups is 1. The Hall–Kier alpha value is -2.61. The van der Waals surface area contributed by atoms with Crippen LogP contribution in [0.3, 0.4) is 0 Å². The molecular weight excluding hydrogens is 335 g/mol. The zero-order valence-electron chi connectivity index (χ0n) is 13.7. The lowest BCUT2D eigenvalue weighted by Crippen LogP contribution is -2.39. The summed E-state index contributed by atoms with van der Waals surface area (Å²) in [6.45, 7) is 3.67. The van der Waals surface area contributed by atoms with Gasteiger partial charge in [0.1, 0.15) is 5.75 Å². The summed E-state index contributed by atoms with van der Waals surface area (Å²) in [4.78, 5) is 15.9. The van der Waals surface area contributed by atoms with Crippen LogP contribution < -0.4 is 15.8 Å². The lowest BCUT2D eigenvalue weighted by atomic mass is 10.1. The number of amides is 1. The van der Waals surface area contributed by atoms with E-state index in [4.69, 9.17) is 10.5 Å². The number of ether oxygens (including phenoxy) is 1. The molecule has 0 bridgehead atoms. The number of hydrogen-bond acceptors (Lipinski definition) is 4. The van der Waals surface area contributed by atoms with Crippen LogP contribution >= 0.6 is 0 Å². The third-order valence-electron chi connectivity index (χ3n) is 3.43. The molecule has 0 aliphatic rings. The first-order valence-electron chi connectivity index (χ1n) is 7.54. The van der Waals surface area contributed by atoms with Crippen LogP contribution in [0.1, 0.15) is 19.4 Å². The number of pyridine rings is 1. The molecule has 0 aliphatic carbocycles. The van der Waals surface area contributed by atoms with Gasteiger partial charge in [-0.1, -0.05) is 13.8 Å². The predicted octanol–water partition coefficient (Wildman–Crippen LogP) is 3.81. The Kier molecular flexibility index (Phi) is 5.63. The number of nitrogens with two attached hydrogens (primary N) is 1. The van der Waals surface area contributed by atoms with Gasteiger partial charge in [0, 0.05) is 6.07 Å². The van der Waals surface area contributed by atoms with Crippen molar-refractivity contribution in [2.24, 2.45) is 11.7 Å². The average molecular weight is 353 g/mol. The molecule has 1 aromatic heterocycles. The molecule has 25 heavy (non-hydrogen) atoms. The smallest absolute Gasteiger partial charge is 0.416 e. The van der Waals surface area contributed by atoms with Crippen LogP contribution in [0.25, 0.3) is 0 Å². The highest BCUT2D eigenvalue weighted by atomic mass is 19.4. The lowest BCUT2D eigenvalue weighted by molar-refractivity contribution is -0.137. The van der Waals surface area contributed by atoms with Gasteiger partial charge in [0.15, 0.2) is 0 Å². The van der Waals surface area contributed by atoms with Gasteiger partial charge in [-0.2, -0.15) is 13.2 Å². The molecular formula is C17H18F3N3O2. The Bertz CT molecular complexity index is 713. The van der Waals surface area contributed by atoms with E-state index in [1.54, 1.807) is 6.07 Å². The zero-order chi connectivity index (χ0) is 18.6. The second-order valence-electron chi connectivity index (χ2n) is 5.77. The summed E-state index contributed by atoms with van der Waals surface area (Å²) in [5, 5.41) is 2.63. The number of nitrogens with zero attached hydrogens (tertiary/aromatic N) is 1. The highest BCUT2D eigenvalue weighted by Gasteiger charge is 2.30. The third kappa shape index (κ3) is 5.18. The van der Waals surface area contributed by atoms with E-state index in [2.05, 4.69) is 10.3 Å². The van der Waals surface area contributed by atoms with Crippen molar-refractivity contribution in [3.8, 4) is 11.6 Å². The molecule has 1 heterocycles. The van der Waals surface area contributed by atoms with Crippen molar-refractivity contribution in [2.45, 2.75) is 26.1 Å². The van der Waals surface area contributed by atoms with Crippen molar-refractivity contribution in [1.82, 2.24) is 4.98 Å². The van der Waals surface area contributed by atoms with Gasteiger partial charge in [-0.05, 0) is 36.2 Å². The molecule has 1 aromatic carbocycles. The first-order valence-corrected chi connectivity index (χ1v) is 7.54. The molecule has 0 spiro atoms. The Labute approximate surface area is 143 Å². The molecule has 1 atom stereocenters. The number of alkyl halides is 3. The Morgan fingerprint density at radius 2 is 1.80 bits per heavy atom. The fourth-order valence-corrected chi connectivity index (χ4v) is 1.88. The van der Waals surface area contributed by atoms with Gasteiger partial charge in [-0.3, -0.25) is 4.79 Å². The number of nitrogens with one attached hydrogen (secondary N) is 1. The molecule has 2 rings (SSSR count). The average Bonchev–Trinajstić information content (AvgIpc) is 2.55. The summed E-state index contributed by atoms with van der Waals surface area (Å²) < 4.78 is 42.9. The summed E-state index contributed by atoms with van der Waals surface area (Å²) in [6.07, 6.45) is -3.02. The van der Waals surface area contributed by atoms with Gasteiger partial charge < -0.3 is 15.8 Å². The van der Waals surface area contributed by atoms with E-state index in [1.165, 1.54) is 24.4 Å². The number of halogens is 3. The van der Waals surface area contributed by atoms with Crippen LogP contribution in [0.4, 0.5) is 18.9 Å². The molecule has 1 amide bonds. The fraction of sp³-hybridized carbons (Fsp3) is 0.294. The van der Waals surface area contributed by atoms with Gasteiger partial charge in [0.2, 0.25) is 11.8 Å². The first-order chi connectivity index (χ1) is 11.7. The van der Waals surface area contributed by atoms with Crippen molar-refractivity contribution < 1.29 is 22.7 Å². The highest BCUT2D eigenvalue weighted by molar-refractivity contribution is 5.94. The van der Waals surface area contributed by atoms with E-state index in [-0.39, 0.29) is 23.5 Å². The van der Waals surface area contributed by atoms with Crippen molar-refractivity contribution in [2.75, 3.05) is 5.32 Å². The van der Waals surface area contributed by atoms with Gasteiger partial charge in [-0.25, -0.2) is 4.98 Å². The van der Waals surface area contributed by atoms with E-state index in [1.807, 2.05) is 13.8 Å². The number of anilines is 1. The number of hydrogen-bond donors (Lipinski definition) is 2. The van der Waals surface area contributed by atoms with Crippen LogP contribution in [0, 0.1) is 5.92 Å². The van der Waals surface area contributed by atoms with Crippen LogP contribution in [0.5, 0.6) is 11.6 Å². The second-order valence-corrected chi connectivity index (χ2v) is 5.77. The van der Waals surface area contributed by atoms with Crippen molar-refractivity contribution >= 4 is 11.6 Å². The summed E-state index contributed by atoms with van der Waals surface area (Å²) in [7, 11) is 0. The van der Waals surface area contributed by atoms with Crippen LogP contribution in [0.2, 0.25) is 0 Å². The SMILES string of the molecule is CC(C)[C@H](N)C(=O)Nc1ccc(Oc2ccc(C(F)(F)F)cc2)nc1. The number of carbonyl (C=O) groups excluding carboxylic acids is 1. The van der Waals surface area contributed by atoms with Gasteiger partial charge in [0.05, 0.1) is 23.5 Å². The fourth-order valence-electron chi connectivity index (χ4n) is 1.88. The summed E-state index contributed by atoms with van der Waals surface area (Å²) in [5.74, 6) is 0.0773. The summed E-state index contributed by atoms with van der Waals surface area (Å²) in [6, 6.07) is 6.70. The summed E-state index contributed by atoms with van der Waals surface area (Å²) >= 11 is 0. The number of aromatic nitrogens is 1. The molecule has 0 aliphatic heterocycles. The molecule has 0 saturated carbocycles. The van der Waals surface area contributed by atoms with Crippen molar-refractivity contribution in [1.29, 1.82) is 0 Å². The maximum Gasteiger partial charge on any atom is 0.416 e. The lowest BCUT2D eigenvalue weighted by Gasteiger charge is -2.15. The van der Waals surface area contributed by atoms with Crippen LogP contribution in [0.15, 0.2) is 42.6 Å². The second kappa shape index (κ2) is 7.52. The van der Waals surface area contributed by atoms with E-state index in [9.17, 15) is 18.0 Å². The molecule has 0 saturated heterocycles. The molecule has 5 nitrogen and oxygen atoms in total. The molecule has 3 N–H and O–H groups in total. The normalized spacial score (nSPS) is 12.8. The van der Waals surface area contributed by atoms with E-state index >= 15 is 0 Å². The predicted molar refractivity (Wildman–Crippen MR) is 87.2 cm³/mol. The van der Waals surface area contributed by atoms with Gasteiger partial charge in [0.25, 0.3) is 0 Å². The van der Waals surface area contributed by atoms with E-state index in [0.29, 0.717) is 5.69 Å². The number of benzene rings is 1. The molecule has 2 aromatic rings. The van der Waals surface area contributed by atoms with E-state index < -0.39 is 17.8 Å². The highest BCUT2D eigenvalue weighted by Crippen LogP contribution is 2.31. The molecule has 134 valence electrons. The van der Waals surface area contributed by atoms with Crippen molar-refractivity contribution in [3.63, 3.8) is 0 Å². The van der Waals surface area contributed by atoms with Crippen LogP contribution in [-0.4, -0.2) is 16.9 Å². The minimum atomic E-state index is -4.40. The van der Waals surface area contributed by atoms with Gasteiger partial charge in [-0.15, -0.1) is 0 Å². The Morgan fingerprint density at radius 1 is 1.16 bits per heavy atom. The third-order valence-corrected chi connectivity index (χ3v) is 3.43. The zero-order valence-corrected chi connectivity index (χ0v) is 13.7. The maximum absolute atomic E-state index is 12.5. The largest absolute Gasteiger partial charge is 0.439 e.